The number of benzene rings is 1. The van der Waals surface area contributed by atoms with Gasteiger partial charge in [-0.1, -0.05) is 12.1 Å². The van der Waals surface area contributed by atoms with Crippen molar-refractivity contribution < 1.29 is 4.79 Å². The molecular weight excluding hydrogens is 228 g/mol. The summed E-state index contributed by atoms with van der Waals surface area (Å²) < 4.78 is 0. The zero-order valence-electron chi connectivity index (χ0n) is 10.3. The Bertz CT molecular complexity index is 595. The van der Waals surface area contributed by atoms with Crippen LogP contribution in [0.5, 0.6) is 0 Å². The Morgan fingerprint density at radius 1 is 1.33 bits per heavy atom. The van der Waals surface area contributed by atoms with Gasteiger partial charge in [0.25, 0.3) is 5.91 Å². The molecule has 0 aliphatic carbocycles. The molecule has 0 aliphatic rings. The molecule has 92 valence electrons. The summed E-state index contributed by atoms with van der Waals surface area (Å²) in [6.45, 7) is 3.75. The maximum Gasteiger partial charge on any atom is 0.254 e. The summed E-state index contributed by atoms with van der Waals surface area (Å²) in [6.07, 6.45) is 1.43. The largest absolute Gasteiger partial charge is 0.365 e. The smallest absolute Gasteiger partial charge is 0.254 e. The summed E-state index contributed by atoms with van der Waals surface area (Å²) in [5.74, 6) is 0.459. The van der Waals surface area contributed by atoms with E-state index >= 15 is 0 Å². The summed E-state index contributed by atoms with van der Waals surface area (Å²) in [7, 11) is 0. The summed E-state index contributed by atoms with van der Waals surface area (Å²) in [5, 5.41) is 3.08. The zero-order valence-corrected chi connectivity index (χ0v) is 10.3. The first-order valence-electron chi connectivity index (χ1n) is 5.53. The second-order valence-corrected chi connectivity index (χ2v) is 4.04. The molecule has 0 unspecified atom stereocenters. The van der Waals surface area contributed by atoms with Crippen LogP contribution < -0.4 is 11.1 Å². The van der Waals surface area contributed by atoms with Gasteiger partial charge < -0.3 is 11.1 Å². The van der Waals surface area contributed by atoms with Gasteiger partial charge in [-0.05, 0) is 31.5 Å². The minimum atomic E-state index is -0.551. The number of hydrogen-bond acceptors (Lipinski definition) is 4. The Balaban J connectivity index is 2.39. The lowest BCUT2D eigenvalue weighted by Crippen LogP contribution is -2.15. The molecule has 3 N–H and O–H groups in total. The highest BCUT2D eigenvalue weighted by atomic mass is 16.1. The molecule has 2 rings (SSSR count). The Labute approximate surface area is 105 Å². The van der Waals surface area contributed by atoms with Crippen molar-refractivity contribution in [1.29, 1.82) is 0 Å². The number of nitrogens with zero attached hydrogens (tertiary/aromatic N) is 2. The topological polar surface area (TPSA) is 80.9 Å². The molecule has 0 saturated carbocycles. The van der Waals surface area contributed by atoms with Crippen LogP contribution in [0.4, 0.5) is 11.5 Å². The van der Waals surface area contributed by atoms with Gasteiger partial charge in [0.15, 0.2) is 0 Å². The highest BCUT2D eigenvalue weighted by Crippen LogP contribution is 2.18. The number of amides is 1. The molecular formula is C13H14N4O. The summed E-state index contributed by atoms with van der Waals surface area (Å²) in [6, 6.07) is 7.78. The third-order valence-electron chi connectivity index (χ3n) is 2.46. The average molecular weight is 242 g/mol. The number of primary amides is 1. The van der Waals surface area contributed by atoms with E-state index in [9.17, 15) is 4.79 Å². The molecule has 18 heavy (non-hydrogen) atoms. The summed E-state index contributed by atoms with van der Waals surface area (Å²) in [5.41, 5.74) is 7.54. The minimum Gasteiger partial charge on any atom is -0.365 e. The molecule has 0 atom stereocenters. The van der Waals surface area contributed by atoms with Gasteiger partial charge in [0, 0.05) is 11.9 Å². The van der Waals surface area contributed by atoms with Gasteiger partial charge in [0.2, 0.25) is 0 Å². The van der Waals surface area contributed by atoms with Crippen molar-refractivity contribution >= 4 is 17.4 Å². The van der Waals surface area contributed by atoms with E-state index in [1.54, 1.807) is 6.92 Å². The second kappa shape index (κ2) is 4.83. The van der Waals surface area contributed by atoms with Crippen molar-refractivity contribution in [2.75, 3.05) is 5.32 Å². The van der Waals surface area contributed by atoms with Crippen LogP contribution in [0.15, 0.2) is 30.5 Å². The van der Waals surface area contributed by atoms with E-state index in [0.717, 1.165) is 11.3 Å². The summed E-state index contributed by atoms with van der Waals surface area (Å²) >= 11 is 0. The van der Waals surface area contributed by atoms with Crippen molar-refractivity contribution in [3.8, 4) is 0 Å². The fourth-order valence-electron chi connectivity index (χ4n) is 1.61. The Kier molecular flexibility index (Phi) is 3.23. The van der Waals surface area contributed by atoms with Crippen molar-refractivity contribution in [2.24, 2.45) is 5.73 Å². The maximum absolute atomic E-state index is 11.3. The van der Waals surface area contributed by atoms with Crippen LogP contribution in [0, 0.1) is 13.8 Å². The molecule has 1 aromatic carbocycles. The van der Waals surface area contributed by atoms with Gasteiger partial charge in [0.05, 0.1) is 0 Å². The van der Waals surface area contributed by atoms with Gasteiger partial charge in [-0.2, -0.15) is 0 Å². The number of aryl methyl sites for hydroxylation is 2. The van der Waals surface area contributed by atoms with Crippen LogP contribution in [0.2, 0.25) is 0 Å². The molecule has 0 fully saturated rings. The molecule has 0 aliphatic heterocycles. The second-order valence-electron chi connectivity index (χ2n) is 4.04. The lowest BCUT2D eigenvalue weighted by atomic mass is 10.2. The summed E-state index contributed by atoms with van der Waals surface area (Å²) in [4.78, 5) is 19.5. The Morgan fingerprint density at radius 3 is 2.78 bits per heavy atom. The first-order valence-corrected chi connectivity index (χ1v) is 5.53. The maximum atomic E-state index is 11.3. The number of hydrogen-bond donors (Lipinski definition) is 2. The van der Waals surface area contributed by atoms with E-state index in [1.807, 2.05) is 31.2 Å². The van der Waals surface area contributed by atoms with Gasteiger partial charge in [-0.25, -0.2) is 9.97 Å². The van der Waals surface area contributed by atoms with Gasteiger partial charge >= 0.3 is 0 Å². The lowest BCUT2D eigenvalue weighted by molar-refractivity contribution is 0.100. The molecule has 1 heterocycles. The molecule has 5 heteroatoms. The fraction of sp³-hybridized carbons (Fsp3) is 0.154. The van der Waals surface area contributed by atoms with Crippen molar-refractivity contribution in [3.63, 3.8) is 0 Å². The normalized spacial score (nSPS) is 10.1. The quantitative estimate of drug-likeness (QED) is 0.861. The van der Waals surface area contributed by atoms with Crippen LogP contribution in [-0.4, -0.2) is 15.9 Å². The van der Waals surface area contributed by atoms with Gasteiger partial charge in [0.1, 0.15) is 17.2 Å². The predicted octanol–water partition coefficient (Wildman–Crippen LogP) is 1.94. The van der Waals surface area contributed by atoms with E-state index in [4.69, 9.17) is 5.73 Å². The van der Waals surface area contributed by atoms with Crippen LogP contribution in [0.3, 0.4) is 0 Å². The molecule has 0 bridgehead atoms. The number of anilines is 2. The highest BCUT2D eigenvalue weighted by Gasteiger charge is 2.11. The molecule has 5 nitrogen and oxygen atoms in total. The van der Waals surface area contributed by atoms with Crippen LogP contribution in [0.25, 0.3) is 0 Å². The van der Waals surface area contributed by atoms with Crippen LogP contribution in [-0.2, 0) is 0 Å². The van der Waals surface area contributed by atoms with Gasteiger partial charge in [-0.3, -0.25) is 4.79 Å². The number of nitrogens with one attached hydrogen (secondary N) is 1. The van der Waals surface area contributed by atoms with Crippen molar-refractivity contribution in [3.05, 3.63) is 47.4 Å². The SMILES string of the molecule is Cc1cccc(Nc2nc(C)ncc2C(N)=O)c1. The third-order valence-corrected chi connectivity index (χ3v) is 2.46. The van der Waals surface area contributed by atoms with Crippen molar-refractivity contribution in [1.82, 2.24) is 9.97 Å². The van der Waals surface area contributed by atoms with Crippen LogP contribution >= 0.6 is 0 Å². The number of nitrogens with two attached hydrogens (primary N) is 1. The van der Waals surface area contributed by atoms with E-state index in [0.29, 0.717) is 11.6 Å². The molecule has 0 saturated heterocycles. The molecule has 2 aromatic rings. The third kappa shape index (κ3) is 2.63. The van der Waals surface area contributed by atoms with E-state index < -0.39 is 5.91 Å². The average Bonchev–Trinajstić information content (AvgIpc) is 2.28. The Morgan fingerprint density at radius 2 is 2.11 bits per heavy atom. The van der Waals surface area contributed by atoms with E-state index in [2.05, 4.69) is 15.3 Å². The number of carbonyl (C=O) groups excluding carboxylic acids is 1. The predicted molar refractivity (Wildman–Crippen MR) is 69.7 cm³/mol. The first kappa shape index (κ1) is 12.0. The van der Waals surface area contributed by atoms with E-state index in [-0.39, 0.29) is 5.56 Å². The number of rotatable bonds is 3. The monoisotopic (exact) mass is 242 g/mol. The van der Waals surface area contributed by atoms with Crippen molar-refractivity contribution in [2.45, 2.75) is 13.8 Å². The fourth-order valence-corrected chi connectivity index (χ4v) is 1.61. The first-order chi connectivity index (χ1) is 8.56. The molecule has 0 spiro atoms. The molecule has 1 amide bonds. The molecule has 0 radical (unpaired) electrons. The van der Waals surface area contributed by atoms with Gasteiger partial charge in [-0.15, -0.1) is 0 Å². The minimum absolute atomic E-state index is 0.280. The number of aromatic nitrogens is 2. The highest BCUT2D eigenvalue weighted by molar-refractivity contribution is 5.97. The van der Waals surface area contributed by atoms with E-state index in [1.165, 1.54) is 6.20 Å². The standard InChI is InChI=1S/C13H14N4O/c1-8-4-3-5-10(6-8)17-13-11(12(14)18)7-15-9(2)16-13/h3-7H,1-2H3,(H2,14,18)(H,15,16,17). The number of carbonyl (C=O) groups is 1. The van der Waals surface area contributed by atoms with Crippen LogP contribution in [0.1, 0.15) is 21.7 Å². The zero-order chi connectivity index (χ0) is 13.1. The Hall–Kier alpha value is -2.43. The lowest BCUT2D eigenvalue weighted by Gasteiger charge is -2.09. The molecule has 1 aromatic heterocycles.